The first-order chi connectivity index (χ1) is 22.9. The molecule has 8 rings (SSSR count). The van der Waals surface area contributed by atoms with Gasteiger partial charge in [-0.15, -0.1) is 0 Å². The van der Waals surface area contributed by atoms with Crippen LogP contribution in [0.4, 0.5) is 21.0 Å². The minimum absolute atomic E-state index is 0.0426. The second-order valence-electron chi connectivity index (χ2n) is 13.6. The molecule has 0 saturated carbocycles. The van der Waals surface area contributed by atoms with Crippen molar-refractivity contribution in [2.45, 2.75) is 44.2 Å². The molecule has 4 aromatic rings. The summed E-state index contributed by atoms with van der Waals surface area (Å²) in [6.07, 6.45) is 2.74. The number of pyridine rings is 2. The average molecular weight is 631 g/mol. The number of anilines is 2. The van der Waals surface area contributed by atoms with Gasteiger partial charge in [-0.2, -0.15) is 0 Å². The topological polar surface area (TPSA) is 109 Å². The molecule has 4 bridgehead atoms. The van der Waals surface area contributed by atoms with Gasteiger partial charge in [0.25, 0.3) is 11.1 Å². The second-order valence-corrected chi connectivity index (χ2v) is 13.6. The number of carbonyl (C=O) groups excluding carboxylic acids is 2. The van der Waals surface area contributed by atoms with Gasteiger partial charge in [-0.25, -0.2) is 9.59 Å². The van der Waals surface area contributed by atoms with E-state index >= 15 is 0 Å². The van der Waals surface area contributed by atoms with Crippen LogP contribution < -0.4 is 21.8 Å². The predicted octanol–water partition coefficient (Wildman–Crippen LogP) is 4.90. The van der Waals surface area contributed by atoms with E-state index in [9.17, 15) is 19.2 Å². The zero-order valence-electron chi connectivity index (χ0n) is 26.2. The normalized spacial score (nSPS) is 22.6. The van der Waals surface area contributed by atoms with Crippen molar-refractivity contribution in [2.75, 3.05) is 36.8 Å². The summed E-state index contributed by atoms with van der Waals surface area (Å²) in [4.78, 5) is 54.7. The van der Waals surface area contributed by atoms with Crippen LogP contribution >= 0.6 is 0 Å². The summed E-state index contributed by atoms with van der Waals surface area (Å²) < 4.78 is 3.75. The van der Waals surface area contributed by atoms with Crippen molar-refractivity contribution in [1.29, 1.82) is 0 Å². The Morgan fingerprint density at radius 3 is 1.40 bits per heavy atom. The lowest BCUT2D eigenvalue weighted by Gasteiger charge is -2.42. The standard InChI is InChI=1S/C37H38N6O4/c44-34-5-1-3-32-28-16-26(20-42(32)34)18-40(22-28)36(46)38-30-11-7-24(8-12-30)15-25-9-13-31(14-10-25)39-37(47)41-19-27-17-29(23-41)33-4-2-6-35(45)43(33)21-27/h1-14,26-29H,15-23H2,(H,38,46)(H,39,47). The van der Waals surface area contributed by atoms with Crippen molar-refractivity contribution >= 4 is 23.4 Å². The molecule has 2 aromatic heterocycles. The molecule has 4 unspecified atom stereocenters. The predicted molar refractivity (Wildman–Crippen MR) is 180 cm³/mol. The largest absolute Gasteiger partial charge is 0.324 e. The molecule has 0 aliphatic carbocycles. The van der Waals surface area contributed by atoms with Gasteiger partial charge < -0.3 is 29.6 Å². The van der Waals surface area contributed by atoms with Crippen molar-refractivity contribution < 1.29 is 9.59 Å². The van der Waals surface area contributed by atoms with Crippen LogP contribution in [0.3, 0.4) is 0 Å². The number of nitrogens with one attached hydrogen (secondary N) is 2. The fourth-order valence-electron chi connectivity index (χ4n) is 8.18. The number of fused-ring (bicyclic) bond motifs is 8. The minimum Gasteiger partial charge on any atom is -0.324 e. The number of hydrogen-bond acceptors (Lipinski definition) is 4. The lowest BCUT2D eigenvalue weighted by Crippen LogP contribution is -2.50. The molecule has 240 valence electrons. The number of likely N-dealkylation sites (tertiary alicyclic amines) is 2. The second kappa shape index (κ2) is 11.9. The maximum atomic E-state index is 13.2. The SMILES string of the molecule is O=C(Nc1ccc(Cc2ccc(NC(=O)N3CC4CC(C3)c3cccc(=O)n3C4)cc2)cc1)N1CC2CC(C1)c1cccc(=O)n1C2. The van der Waals surface area contributed by atoms with Crippen molar-refractivity contribution in [3.05, 3.63) is 128 Å². The van der Waals surface area contributed by atoms with Crippen molar-refractivity contribution in [2.24, 2.45) is 11.8 Å². The monoisotopic (exact) mass is 630 g/mol. The Kier molecular flexibility index (Phi) is 7.42. The van der Waals surface area contributed by atoms with Crippen LogP contribution in [0.2, 0.25) is 0 Å². The summed E-state index contributed by atoms with van der Waals surface area (Å²) in [6.45, 7) is 3.83. The first kappa shape index (κ1) is 29.3. The first-order valence-corrected chi connectivity index (χ1v) is 16.6. The molecule has 0 radical (unpaired) electrons. The maximum Gasteiger partial charge on any atom is 0.321 e. The maximum absolute atomic E-state index is 13.2. The summed E-state index contributed by atoms with van der Waals surface area (Å²) in [7, 11) is 0. The molecule has 10 nitrogen and oxygen atoms in total. The first-order valence-electron chi connectivity index (χ1n) is 16.6. The highest BCUT2D eigenvalue weighted by molar-refractivity contribution is 5.90. The third-order valence-corrected chi connectivity index (χ3v) is 10.4. The summed E-state index contributed by atoms with van der Waals surface area (Å²) in [6, 6.07) is 26.5. The molecule has 4 aliphatic heterocycles. The zero-order valence-corrected chi connectivity index (χ0v) is 26.2. The molecular weight excluding hydrogens is 592 g/mol. The molecule has 2 N–H and O–H groups in total. The van der Waals surface area contributed by atoms with Crippen molar-refractivity contribution in [3.63, 3.8) is 0 Å². The molecular formula is C37H38N6O4. The van der Waals surface area contributed by atoms with Crippen LogP contribution in [0.15, 0.2) is 94.5 Å². The van der Waals surface area contributed by atoms with Crippen LogP contribution in [-0.2, 0) is 19.5 Å². The molecule has 0 spiro atoms. The Bertz CT molecular complexity index is 1810. The van der Waals surface area contributed by atoms with Gasteiger partial charge in [-0.05, 0) is 78.6 Å². The van der Waals surface area contributed by atoms with E-state index in [1.165, 1.54) is 0 Å². The molecule has 4 atom stereocenters. The zero-order chi connectivity index (χ0) is 32.1. The van der Waals surface area contributed by atoms with Crippen molar-refractivity contribution in [1.82, 2.24) is 18.9 Å². The van der Waals surface area contributed by atoms with E-state index in [0.29, 0.717) is 39.3 Å². The Balaban J connectivity index is 0.843. The number of rotatable bonds is 4. The summed E-state index contributed by atoms with van der Waals surface area (Å²) >= 11 is 0. The van der Waals surface area contributed by atoms with E-state index in [1.807, 2.05) is 91.7 Å². The highest BCUT2D eigenvalue weighted by atomic mass is 16.2. The average Bonchev–Trinajstić information content (AvgIpc) is 3.07. The van der Waals surface area contributed by atoms with Gasteiger partial charge in [0.1, 0.15) is 0 Å². The van der Waals surface area contributed by atoms with Gasteiger partial charge in [-0.3, -0.25) is 9.59 Å². The van der Waals surface area contributed by atoms with E-state index in [1.54, 1.807) is 12.1 Å². The summed E-state index contributed by atoms with van der Waals surface area (Å²) in [5.41, 5.74) is 5.88. The summed E-state index contributed by atoms with van der Waals surface area (Å²) in [5.74, 6) is 0.927. The van der Waals surface area contributed by atoms with Crippen LogP contribution in [0.5, 0.6) is 0 Å². The number of benzene rings is 2. The van der Waals surface area contributed by atoms with Gasteiger partial charge in [0, 0.05) is 86.0 Å². The third-order valence-electron chi connectivity index (χ3n) is 10.4. The molecule has 4 amide bonds. The quantitative estimate of drug-likeness (QED) is 0.334. The Morgan fingerprint density at radius 1 is 0.553 bits per heavy atom. The Hall–Kier alpha value is -5.12. The van der Waals surface area contributed by atoms with Gasteiger partial charge in [-0.1, -0.05) is 36.4 Å². The lowest BCUT2D eigenvalue weighted by molar-refractivity contribution is 0.139. The number of hydrogen-bond donors (Lipinski definition) is 2. The molecule has 2 aromatic carbocycles. The van der Waals surface area contributed by atoms with E-state index in [4.69, 9.17) is 0 Å². The van der Waals surface area contributed by atoms with Gasteiger partial charge in [0.15, 0.2) is 0 Å². The van der Waals surface area contributed by atoms with Crippen LogP contribution in [0, 0.1) is 11.8 Å². The number of nitrogens with zero attached hydrogens (tertiary/aromatic N) is 4. The van der Waals surface area contributed by atoms with Crippen molar-refractivity contribution in [3.8, 4) is 0 Å². The molecule has 4 aliphatic rings. The van der Waals surface area contributed by atoms with E-state index in [0.717, 1.165) is 53.2 Å². The van der Waals surface area contributed by atoms with Gasteiger partial charge >= 0.3 is 12.1 Å². The van der Waals surface area contributed by atoms with Crippen LogP contribution in [0.1, 0.15) is 47.2 Å². The van der Waals surface area contributed by atoms with E-state index in [-0.39, 0.29) is 46.9 Å². The molecule has 2 fully saturated rings. The number of aromatic nitrogens is 2. The van der Waals surface area contributed by atoms with Gasteiger partial charge in [0.05, 0.1) is 0 Å². The Labute approximate surface area is 272 Å². The molecule has 47 heavy (non-hydrogen) atoms. The molecule has 2 saturated heterocycles. The van der Waals surface area contributed by atoms with Crippen LogP contribution in [-0.4, -0.2) is 57.2 Å². The van der Waals surface area contributed by atoms with Crippen LogP contribution in [0.25, 0.3) is 0 Å². The van der Waals surface area contributed by atoms with E-state index in [2.05, 4.69) is 10.6 Å². The number of urea groups is 2. The minimum atomic E-state index is -0.107. The highest BCUT2D eigenvalue weighted by Crippen LogP contribution is 2.36. The highest BCUT2D eigenvalue weighted by Gasteiger charge is 2.37. The number of carbonyl (C=O) groups is 2. The smallest absolute Gasteiger partial charge is 0.321 e. The fourth-order valence-corrected chi connectivity index (χ4v) is 8.18. The number of piperidine rings is 2. The van der Waals surface area contributed by atoms with E-state index < -0.39 is 0 Å². The summed E-state index contributed by atoms with van der Waals surface area (Å²) in [5, 5.41) is 6.12. The molecule has 10 heteroatoms. The molecule has 6 heterocycles. The Morgan fingerprint density at radius 2 is 0.979 bits per heavy atom. The van der Waals surface area contributed by atoms with Gasteiger partial charge in [0.2, 0.25) is 0 Å². The number of amides is 4. The third kappa shape index (κ3) is 5.84. The lowest BCUT2D eigenvalue weighted by atomic mass is 9.83. The fraction of sp³-hybridized carbons (Fsp3) is 0.351.